The number of carboxylic acid groups (broad SMARTS) is 1. The summed E-state index contributed by atoms with van der Waals surface area (Å²) < 4.78 is 0. The van der Waals surface area contributed by atoms with Crippen LogP contribution < -0.4 is 5.32 Å². The second kappa shape index (κ2) is 6.68. The first kappa shape index (κ1) is 14.1. The highest BCUT2D eigenvalue weighted by Crippen LogP contribution is 2.22. The van der Waals surface area contributed by atoms with Gasteiger partial charge in [-0.1, -0.05) is 0 Å². The zero-order valence-corrected chi connectivity index (χ0v) is 9.96. The smallest absolute Gasteiger partial charge is 0.330 e. The zero-order chi connectivity index (χ0) is 12.8. The largest absolute Gasteiger partial charge is 0.480 e. The van der Waals surface area contributed by atoms with Gasteiger partial charge in [0.05, 0.1) is 13.2 Å². The van der Waals surface area contributed by atoms with Crippen LogP contribution in [0.5, 0.6) is 0 Å². The standard InChI is InChI=1S/C11H20N2O4/c1-12-8-3-2-4-9(7(8)5-14)13-10(6-15)11(16)17/h7-8,10,12,14-15H,2-6H2,1H3,(H,16,17)/t7?,8?,10-/m0/s1. The first-order valence-corrected chi connectivity index (χ1v) is 5.82. The Hall–Kier alpha value is -0.980. The van der Waals surface area contributed by atoms with Crippen molar-refractivity contribution in [3.8, 4) is 0 Å². The van der Waals surface area contributed by atoms with Crippen LogP contribution in [0.25, 0.3) is 0 Å². The summed E-state index contributed by atoms with van der Waals surface area (Å²) in [7, 11) is 1.82. The van der Waals surface area contributed by atoms with Gasteiger partial charge in [-0.3, -0.25) is 4.99 Å². The van der Waals surface area contributed by atoms with E-state index in [9.17, 15) is 9.90 Å². The number of nitrogens with one attached hydrogen (secondary N) is 1. The molecule has 0 saturated heterocycles. The summed E-state index contributed by atoms with van der Waals surface area (Å²) in [4.78, 5) is 14.9. The number of nitrogens with zero attached hydrogens (tertiary/aromatic N) is 1. The molecule has 0 amide bonds. The molecule has 0 aromatic carbocycles. The van der Waals surface area contributed by atoms with Crippen molar-refractivity contribution < 1.29 is 20.1 Å². The van der Waals surface area contributed by atoms with Crippen molar-refractivity contribution >= 4 is 11.7 Å². The Morgan fingerprint density at radius 2 is 2.29 bits per heavy atom. The molecular weight excluding hydrogens is 224 g/mol. The topological polar surface area (TPSA) is 102 Å². The summed E-state index contributed by atoms with van der Waals surface area (Å²) in [5, 5.41) is 30.2. The Labute approximate surface area is 100 Å². The molecule has 17 heavy (non-hydrogen) atoms. The van der Waals surface area contributed by atoms with E-state index in [0.717, 1.165) is 12.8 Å². The Morgan fingerprint density at radius 3 is 2.76 bits per heavy atom. The number of aliphatic carboxylic acids is 1. The normalized spacial score (nSPS) is 29.2. The molecule has 0 spiro atoms. The van der Waals surface area contributed by atoms with Gasteiger partial charge in [0.2, 0.25) is 0 Å². The Morgan fingerprint density at radius 1 is 1.59 bits per heavy atom. The molecule has 1 saturated carbocycles. The van der Waals surface area contributed by atoms with Gasteiger partial charge < -0.3 is 20.6 Å². The van der Waals surface area contributed by atoms with Gasteiger partial charge in [-0.2, -0.15) is 0 Å². The number of hydrogen-bond donors (Lipinski definition) is 4. The minimum Gasteiger partial charge on any atom is -0.480 e. The molecule has 2 unspecified atom stereocenters. The fourth-order valence-corrected chi connectivity index (χ4v) is 2.23. The summed E-state index contributed by atoms with van der Waals surface area (Å²) in [5.74, 6) is -1.29. The van der Waals surface area contributed by atoms with E-state index in [-0.39, 0.29) is 18.6 Å². The minimum absolute atomic E-state index is 0.0535. The van der Waals surface area contributed by atoms with E-state index in [0.29, 0.717) is 12.1 Å². The van der Waals surface area contributed by atoms with E-state index in [4.69, 9.17) is 10.2 Å². The van der Waals surface area contributed by atoms with Crippen molar-refractivity contribution in [1.82, 2.24) is 5.32 Å². The Kier molecular flexibility index (Phi) is 5.54. The molecule has 4 N–H and O–H groups in total. The third-order valence-corrected chi connectivity index (χ3v) is 3.21. The van der Waals surface area contributed by atoms with Crippen LogP contribution in [0.3, 0.4) is 0 Å². The SMILES string of the molecule is CNC1CCCC(=N[C@@H](CO)C(=O)O)C1CO. The fraction of sp³-hybridized carbons (Fsp3) is 0.818. The lowest BCUT2D eigenvalue weighted by molar-refractivity contribution is -0.139. The number of aliphatic hydroxyl groups is 2. The van der Waals surface area contributed by atoms with Crippen LogP contribution in [0.1, 0.15) is 19.3 Å². The molecule has 3 atom stereocenters. The van der Waals surface area contributed by atoms with Gasteiger partial charge in [-0.15, -0.1) is 0 Å². The van der Waals surface area contributed by atoms with E-state index in [1.54, 1.807) is 0 Å². The third-order valence-electron chi connectivity index (χ3n) is 3.21. The average molecular weight is 244 g/mol. The molecule has 0 bridgehead atoms. The summed E-state index contributed by atoms with van der Waals surface area (Å²) in [5.41, 5.74) is 0.694. The quantitative estimate of drug-likeness (QED) is 0.510. The van der Waals surface area contributed by atoms with E-state index in [1.165, 1.54) is 0 Å². The number of hydrogen-bond acceptors (Lipinski definition) is 5. The minimum atomic E-state index is -1.14. The summed E-state index contributed by atoms with van der Waals surface area (Å²) in [6.07, 6.45) is 2.55. The molecule has 98 valence electrons. The summed E-state index contributed by atoms with van der Waals surface area (Å²) in [6, 6.07) is -0.990. The van der Waals surface area contributed by atoms with Crippen molar-refractivity contribution in [2.75, 3.05) is 20.3 Å². The molecule has 0 aliphatic heterocycles. The maximum Gasteiger partial charge on any atom is 0.330 e. The predicted molar refractivity (Wildman–Crippen MR) is 63.2 cm³/mol. The summed E-state index contributed by atoms with van der Waals surface area (Å²) in [6.45, 7) is -0.566. The van der Waals surface area contributed by atoms with Gasteiger partial charge in [0.1, 0.15) is 0 Å². The van der Waals surface area contributed by atoms with E-state index < -0.39 is 18.6 Å². The van der Waals surface area contributed by atoms with Crippen LogP contribution >= 0.6 is 0 Å². The predicted octanol–water partition coefficient (Wildman–Crippen LogP) is -0.747. The van der Waals surface area contributed by atoms with Gasteiger partial charge in [0, 0.05) is 17.7 Å². The van der Waals surface area contributed by atoms with Crippen LogP contribution in [0.2, 0.25) is 0 Å². The highest BCUT2D eigenvalue weighted by atomic mass is 16.4. The summed E-state index contributed by atoms with van der Waals surface area (Å²) >= 11 is 0. The van der Waals surface area contributed by atoms with Crippen LogP contribution in [0.15, 0.2) is 4.99 Å². The average Bonchev–Trinajstić information content (AvgIpc) is 2.34. The molecule has 6 heteroatoms. The molecule has 0 aromatic rings. The molecule has 0 radical (unpaired) electrons. The first-order valence-electron chi connectivity index (χ1n) is 5.82. The molecule has 1 fully saturated rings. The highest BCUT2D eigenvalue weighted by Gasteiger charge is 2.30. The van der Waals surface area contributed by atoms with E-state index >= 15 is 0 Å². The second-order valence-electron chi connectivity index (χ2n) is 4.23. The van der Waals surface area contributed by atoms with Gasteiger partial charge in [-0.25, -0.2) is 4.79 Å². The Bertz CT molecular complexity index is 293. The van der Waals surface area contributed by atoms with Crippen LogP contribution in [0.4, 0.5) is 0 Å². The van der Waals surface area contributed by atoms with Gasteiger partial charge in [0.25, 0.3) is 0 Å². The second-order valence-corrected chi connectivity index (χ2v) is 4.23. The zero-order valence-electron chi connectivity index (χ0n) is 9.96. The van der Waals surface area contributed by atoms with Crippen molar-refractivity contribution in [2.24, 2.45) is 10.9 Å². The van der Waals surface area contributed by atoms with Crippen molar-refractivity contribution in [3.05, 3.63) is 0 Å². The van der Waals surface area contributed by atoms with Gasteiger partial charge in [0.15, 0.2) is 6.04 Å². The maximum atomic E-state index is 10.8. The van der Waals surface area contributed by atoms with Crippen molar-refractivity contribution in [1.29, 1.82) is 0 Å². The number of aliphatic hydroxyl groups excluding tert-OH is 2. The number of carbonyl (C=O) groups is 1. The molecule has 1 aliphatic carbocycles. The van der Waals surface area contributed by atoms with E-state index in [1.807, 2.05) is 7.05 Å². The van der Waals surface area contributed by atoms with Crippen molar-refractivity contribution in [3.63, 3.8) is 0 Å². The maximum absolute atomic E-state index is 10.8. The van der Waals surface area contributed by atoms with Crippen LogP contribution in [-0.2, 0) is 4.79 Å². The number of aliphatic imine (C=N–C) groups is 1. The lowest BCUT2D eigenvalue weighted by atomic mass is 9.83. The molecule has 1 rings (SSSR count). The lowest BCUT2D eigenvalue weighted by Crippen LogP contribution is -2.44. The Balaban J connectivity index is 2.85. The number of rotatable bonds is 5. The fourth-order valence-electron chi connectivity index (χ4n) is 2.23. The molecule has 0 aromatic heterocycles. The monoisotopic (exact) mass is 244 g/mol. The first-order chi connectivity index (χ1) is 8.13. The highest BCUT2D eigenvalue weighted by molar-refractivity contribution is 5.90. The molecular formula is C11H20N2O4. The third kappa shape index (κ3) is 3.49. The molecule has 0 heterocycles. The van der Waals surface area contributed by atoms with Gasteiger partial charge in [-0.05, 0) is 26.3 Å². The molecule has 6 nitrogen and oxygen atoms in total. The lowest BCUT2D eigenvalue weighted by Gasteiger charge is -2.31. The van der Waals surface area contributed by atoms with Crippen LogP contribution in [-0.4, -0.2) is 59.3 Å². The van der Waals surface area contributed by atoms with Crippen molar-refractivity contribution in [2.45, 2.75) is 31.3 Å². The van der Waals surface area contributed by atoms with E-state index in [2.05, 4.69) is 10.3 Å². The van der Waals surface area contributed by atoms with Crippen LogP contribution in [0, 0.1) is 5.92 Å². The number of carboxylic acids is 1. The molecule has 1 aliphatic rings. The van der Waals surface area contributed by atoms with Gasteiger partial charge >= 0.3 is 5.97 Å².